The summed E-state index contributed by atoms with van der Waals surface area (Å²) in [5, 5.41) is 0.735. The molecule has 1 aromatic carbocycles. The summed E-state index contributed by atoms with van der Waals surface area (Å²) in [4.78, 5) is 7.88. The van der Waals surface area contributed by atoms with Crippen molar-refractivity contribution >= 4 is 22.5 Å². The molecule has 5 heteroatoms. The molecule has 0 bridgehead atoms. The maximum atomic E-state index is 13.3. The fourth-order valence-electron chi connectivity index (χ4n) is 1.21. The number of hydrogen-bond acceptors (Lipinski definition) is 3. The Kier molecular flexibility index (Phi) is 2.31. The van der Waals surface area contributed by atoms with Crippen LogP contribution in [0.1, 0.15) is 5.82 Å². The molecule has 2 rings (SSSR count). The number of fused-ring (bicyclic) bond motifs is 1. The molecule has 14 heavy (non-hydrogen) atoms. The molecule has 0 saturated heterocycles. The molecule has 0 spiro atoms. The van der Waals surface area contributed by atoms with Gasteiger partial charge in [-0.05, 0) is 12.1 Å². The minimum Gasteiger partial charge on any atom is -0.324 e. The van der Waals surface area contributed by atoms with Crippen molar-refractivity contribution in [3.63, 3.8) is 0 Å². The van der Waals surface area contributed by atoms with E-state index in [4.69, 9.17) is 17.3 Å². The van der Waals surface area contributed by atoms with E-state index in [2.05, 4.69) is 9.97 Å². The molecule has 0 aliphatic carbocycles. The van der Waals surface area contributed by atoms with Crippen molar-refractivity contribution in [3.8, 4) is 0 Å². The van der Waals surface area contributed by atoms with Gasteiger partial charge in [-0.2, -0.15) is 0 Å². The predicted molar refractivity (Wildman–Crippen MR) is 52.4 cm³/mol. The average Bonchev–Trinajstić information content (AvgIpc) is 2.19. The third kappa shape index (κ3) is 1.42. The van der Waals surface area contributed by atoms with Gasteiger partial charge < -0.3 is 5.73 Å². The molecule has 0 radical (unpaired) electrons. The third-order valence-corrected chi connectivity index (χ3v) is 2.15. The van der Waals surface area contributed by atoms with Crippen molar-refractivity contribution in [2.75, 3.05) is 0 Å². The first-order valence-corrected chi connectivity index (χ1v) is 4.41. The van der Waals surface area contributed by atoms with Crippen LogP contribution in [0.2, 0.25) is 5.15 Å². The minimum atomic E-state index is -0.415. The van der Waals surface area contributed by atoms with Gasteiger partial charge in [0.15, 0.2) is 0 Å². The van der Waals surface area contributed by atoms with Crippen molar-refractivity contribution in [2.24, 2.45) is 5.73 Å². The van der Waals surface area contributed by atoms with E-state index in [9.17, 15) is 4.39 Å². The molecule has 0 atom stereocenters. The number of para-hydroxylation sites is 1. The molecule has 0 amide bonds. The van der Waals surface area contributed by atoms with Crippen molar-refractivity contribution in [1.29, 1.82) is 0 Å². The highest BCUT2D eigenvalue weighted by atomic mass is 35.5. The Labute approximate surface area is 84.7 Å². The molecule has 2 N–H and O–H groups in total. The second kappa shape index (κ2) is 3.48. The topological polar surface area (TPSA) is 51.8 Å². The number of hydrogen-bond donors (Lipinski definition) is 1. The average molecular weight is 212 g/mol. The van der Waals surface area contributed by atoms with Gasteiger partial charge in [-0.15, -0.1) is 0 Å². The fourth-order valence-corrected chi connectivity index (χ4v) is 1.46. The smallest absolute Gasteiger partial charge is 0.149 e. The summed E-state index contributed by atoms with van der Waals surface area (Å²) in [5.41, 5.74) is 5.57. The summed E-state index contributed by atoms with van der Waals surface area (Å²) in [6.07, 6.45) is 0. The lowest BCUT2D eigenvalue weighted by molar-refractivity contribution is 0.635. The van der Waals surface area contributed by atoms with E-state index in [1.54, 1.807) is 12.1 Å². The van der Waals surface area contributed by atoms with Gasteiger partial charge in [0, 0.05) is 5.39 Å². The molecule has 3 nitrogen and oxygen atoms in total. The Morgan fingerprint density at radius 3 is 2.86 bits per heavy atom. The zero-order chi connectivity index (χ0) is 10.1. The number of nitrogens with zero attached hydrogens (tertiary/aromatic N) is 2. The van der Waals surface area contributed by atoms with Crippen LogP contribution in [-0.2, 0) is 6.54 Å². The van der Waals surface area contributed by atoms with Crippen molar-refractivity contribution < 1.29 is 4.39 Å². The zero-order valence-corrected chi connectivity index (χ0v) is 7.92. The summed E-state index contributed by atoms with van der Waals surface area (Å²) in [5.74, 6) is -0.0749. The van der Waals surface area contributed by atoms with E-state index >= 15 is 0 Å². The Morgan fingerprint density at radius 2 is 2.14 bits per heavy atom. The van der Waals surface area contributed by atoms with Gasteiger partial charge in [0.1, 0.15) is 22.3 Å². The summed E-state index contributed by atoms with van der Waals surface area (Å²) >= 11 is 5.84. The quantitative estimate of drug-likeness (QED) is 0.733. The maximum Gasteiger partial charge on any atom is 0.149 e. The van der Waals surface area contributed by atoms with E-state index in [1.165, 1.54) is 6.07 Å². The molecule has 0 saturated carbocycles. The molecule has 1 heterocycles. The minimum absolute atomic E-state index is 0.143. The zero-order valence-electron chi connectivity index (χ0n) is 7.17. The maximum absolute atomic E-state index is 13.3. The number of nitrogens with two attached hydrogens (primary N) is 1. The summed E-state index contributed by atoms with van der Waals surface area (Å²) < 4.78 is 13.3. The molecule has 0 unspecified atom stereocenters. The monoisotopic (exact) mass is 211 g/mol. The molecule has 0 aliphatic heterocycles. The molecule has 2 aromatic rings. The second-order valence-electron chi connectivity index (χ2n) is 2.77. The summed E-state index contributed by atoms with van der Waals surface area (Å²) in [6.45, 7) is 0.143. The van der Waals surface area contributed by atoms with Gasteiger partial charge in [-0.25, -0.2) is 14.4 Å². The van der Waals surface area contributed by atoms with Crippen LogP contribution < -0.4 is 5.73 Å². The lowest BCUT2D eigenvalue weighted by Crippen LogP contribution is -2.04. The number of rotatable bonds is 1. The number of benzene rings is 1. The lowest BCUT2D eigenvalue weighted by atomic mass is 10.2. The molecular weight excluding hydrogens is 205 g/mol. The predicted octanol–water partition coefficient (Wildman–Crippen LogP) is 1.88. The highest BCUT2D eigenvalue weighted by Gasteiger charge is 2.07. The first-order valence-electron chi connectivity index (χ1n) is 4.03. The van der Waals surface area contributed by atoms with Crippen LogP contribution in [0.15, 0.2) is 18.2 Å². The second-order valence-corrected chi connectivity index (χ2v) is 3.13. The standard InChI is InChI=1S/C9H7ClFN3/c10-9-5-2-1-3-6(11)8(5)13-7(4-12)14-9/h1-3H,4,12H2. The SMILES string of the molecule is NCc1nc(Cl)c2cccc(F)c2n1. The molecular formula is C9H7ClFN3. The van der Waals surface area contributed by atoms with Crippen LogP contribution in [0.3, 0.4) is 0 Å². The van der Waals surface area contributed by atoms with Gasteiger partial charge in [0.2, 0.25) is 0 Å². The lowest BCUT2D eigenvalue weighted by Gasteiger charge is -2.02. The van der Waals surface area contributed by atoms with E-state index in [1.807, 2.05) is 0 Å². The van der Waals surface area contributed by atoms with Gasteiger partial charge in [0.05, 0.1) is 6.54 Å². The van der Waals surface area contributed by atoms with Crippen LogP contribution in [-0.4, -0.2) is 9.97 Å². The van der Waals surface area contributed by atoms with Crippen LogP contribution in [0.5, 0.6) is 0 Å². The highest BCUT2D eigenvalue weighted by molar-refractivity contribution is 6.34. The Bertz CT molecular complexity index is 487. The van der Waals surface area contributed by atoms with E-state index in [0.717, 1.165) is 0 Å². The van der Waals surface area contributed by atoms with Crippen LogP contribution in [0.4, 0.5) is 4.39 Å². The Hall–Kier alpha value is -1.26. The van der Waals surface area contributed by atoms with E-state index in [-0.39, 0.29) is 17.2 Å². The summed E-state index contributed by atoms with van der Waals surface area (Å²) in [7, 11) is 0. The van der Waals surface area contributed by atoms with E-state index in [0.29, 0.717) is 11.2 Å². The molecule has 72 valence electrons. The van der Waals surface area contributed by atoms with E-state index < -0.39 is 5.82 Å². The third-order valence-electron chi connectivity index (χ3n) is 1.86. The Morgan fingerprint density at radius 1 is 1.36 bits per heavy atom. The molecule has 0 fully saturated rings. The van der Waals surface area contributed by atoms with Crippen molar-refractivity contribution in [2.45, 2.75) is 6.54 Å². The van der Waals surface area contributed by atoms with Gasteiger partial charge in [0.25, 0.3) is 0 Å². The normalized spacial score (nSPS) is 10.8. The van der Waals surface area contributed by atoms with Crippen LogP contribution in [0, 0.1) is 5.82 Å². The molecule has 0 aliphatic rings. The first kappa shape index (κ1) is 9.30. The highest BCUT2D eigenvalue weighted by Crippen LogP contribution is 2.21. The van der Waals surface area contributed by atoms with Crippen molar-refractivity contribution in [1.82, 2.24) is 9.97 Å². The van der Waals surface area contributed by atoms with Crippen LogP contribution in [0.25, 0.3) is 10.9 Å². The first-order chi connectivity index (χ1) is 6.72. The van der Waals surface area contributed by atoms with Gasteiger partial charge >= 0.3 is 0 Å². The van der Waals surface area contributed by atoms with Gasteiger partial charge in [-0.1, -0.05) is 17.7 Å². The van der Waals surface area contributed by atoms with Gasteiger partial charge in [-0.3, -0.25) is 0 Å². The number of aromatic nitrogens is 2. The molecule has 1 aromatic heterocycles. The number of halogens is 2. The van der Waals surface area contributed by atoms with Crippen LogP contribution >= 0.6 is 11.6 Å². The Balaban J connectivity index is 2.83. The van der Waals surface area contributed by atoms with Crippen molar-refractivity contribution in [3.05, 3.63) is 35.0 Å². The summed E-state index contributed by atoms with van der Waals surface area (Å²) in [6, 6.07) is 4.56. The largest absolute Gasteiger partial charge is 0.324 e. The fraction of sp³-hybridized carbons (Fsp3) is 0.111.